The van der Waals surface area contributed by atoms with E-state index in [4.69, 9.17) is 9.97 Å². The molecule has 1 aliphatic carbocycles. The Morgan fingerprint density at radius 2 is 1.71 bits per heavy atom. The van der Waals surface area contributed by atoms with Crippen molar-refractivity contribution in [3.63, 3.8) is 0 Å². The molecule has 4 rings (SSSR count). The van der Waals surface area contributed by atoms with Crippen LogP contribution in [0.5, 0.6) is 0 Å². The molecule has 5 heteroatoms. The summed E-state index contributed by atoms with van der Waals surface area (Å²) >= 11 is 0. The fraction of sp³-hybridized carbons (Fsp3) is 0.500. The number of hydrogen-bond donors (Lipinski definition) is 1. The largest absolute Gasteiger partial charge is 0.362 e. The van der Waals surface area contributed by atoms with Gasteiger partial charge in [0.1, 0.15) is 11.6 Å². The summed E-state index contributed by atoms with van der Waals surface area (Å²) in [5, 5.41) is 4.30. The Morgan fingerprint density at radius 1 is 0.971 bits per heavy atom. The Bertz CT molecular complexity index is 1150. The molecule has 1 aliphatic rings. The van der Waals surface area contributed by atoms with Gasteiger partial charge in [-0.1, -0.05) is 49.9 Å². The second-order valence-corrected chi connectivity index (χ2v) is 10.5. The molecule has 1 saturated carbocycles. The van der Waals surface area contributed by atoms with Gasteiger partial charge in [-0.3, -0.25) is 4.79 Å². The molecule has 1 aromatic heterocycles. The molecule has 0 aliphatic heterocycles. The van der Waals surface area contributed by atoms with Gasteiger partial charge in [-0.15, -0.1) is 0 Å². The summed E-state index contributed by atoms with van der Waals surface area (Å²) in [6, 6.07) is 14.2. The molecule has 1 fully saturated rings. The molecule has 0 radical (unpaired) electrons. The van der Waals surface area contributed by atoms with Crippen molar-refractivity contribution in [1.29, 1.82) is 0 Å². The van der Waals surface area contributed by atoms with E-state index < -0.39 is 0 Å². The van der Waals surface area contributed by atoms with Gasteiger partial charge >= 0.3 is 0 Å². The lowest BCUT2D eigenvalue weighted by molar-refractivity contribution is 0.0940. The molecule has 0 saturated heterocycles. The van der Waals surface area contributed by atoms with Crippen LogP contribution in [-0.4, -0.2) is 36.5 Å². The lowest BCUT2D eigenvalue weighted by Gasteiger charge is -2.28. The maximum atomic E-state index is 12.6. The fourth-order valence-electron chi connectivity index (χ4n) is 5.33. The lowest BCUT2D eigenvalue weighted by Crippen LogP contribution is -2.31. The standard InChI is InChI=1S/C30H40N4O.H2/c1-21-10-9-13-25(22(21)2)30(35)31-20-24-18-16-23(17-19-24)11-5-8-15-28-32-27-14-7-6-12-26(27)29(33-28)34(3)4;/h6-7,9-10,12-14,23-24H,5,8,11,15-20H2,1-4H3,(H,31,35);1H. The van der Waals surface area contributed by atoms with Gasteiger partial charge in [0.2, 0.25) is 0 Å². The molecule has 1 N–H and O–H groups in total. The highest BCUT2D eigenvalue weighted by atomic mass is 16.1. The van der Waals surface area contributed by atoms with Crippen molar-refractivity contribution in [2.24, 2.45) is 11.8 Å². The molecule has 1 amide bonds. The smallest absolute Gasteiger partial charge is 0.251 e. The Balaban J connectivity index is 0.00000361. The molecular formula is C30H42N4O. The van der Waals surface area contributed by atoms with Gasteiger partial charge in [0, 0.05) is 39.4 Å². The number of benzene rings is 2. The maximum Gasteiger partial charge on any atom is 0.251 e. The molecule has 0 bridgehead atoms. The number of fused-ring (bicyclic) bond motifs is 1. The molecule has 35 heavy (non-hydrogen) atoms. The molecule has 0 unspecified atom stereocenters. The normalized spacial score (nSPS) is 17.9. The van der Waals surface area contributed by atoms with Gasteiger partial charge in [0.25, 0.3) is 5.91 Å². The summed E-state index contributed by atoms with van der Waals surface area (Å²) in [7, 11) is 4.09. The summed E-state index contributed by atoms with van der Waals surface area (Å²) in [4.78, 5) is 24.4. The van der Waals surface area contributed by atoms with Crippen LogP contribution in [0.1, 0.15) is 73.7 Å². The molecular weight excluding hydrogens is 432 g/mol. The average Bonchev–Trinajstić information content (AvgIpc) is 2.87. The first-order chi connectivity index (χ1) is 16.9. The van der Waals surface area contributed by atoms with E-state index in [1.165, 1.54) is 44.1 Å². The van der Waals surface area contributed by atoms with Crippen LogP contribution in [0, 0.1) is 25.7 Å². The molecule has 188 valence electrons. The summed E-state index contributed by atoms with van der Waals surface area (Å²) < 4.78 is 0. The van der Waals surface area contributed by atoms with Gasteiger partial charge in [0.05, 0.1) is 5.52 Å². The third kappa shape index (κ3) is 6.39. The average molecular weight is 475 g/mol. The van der Waals surface area contributed by atoms with E-state index in [-0.39, 0.29) is 7.33 Å². The number of hydrogen-bond acceptors (Lipinski definition) is 4. The topological polar surface area (TPSA) is 58.1 Å². The fourth-order valence-corrected chi connectivity index (χ4v) is 5.33. The van der Waals surface area contributed by atoms with Crippen LogP contribution >= 0.6 is 0 Å². The van der Waals surface area contributed by atoms with E-state index in [2.05, 4.69) is 35.3 Å². The molecule has 2 aromatic carbocycles. The maximum absolute atomic E-state index is 12.6. The van der Waals surface area contributed by atoms with E-state index in [1.54, 1.807) is 0 Å². The molecule has 0 atom stereocenters. The van der Waals surface area contributed by atoms with Crippen LogP contribution in [0.2, 0.25) is 0 Å². The zero-order chi connectivity index (χ0) is 24.8. The minimum Gasteiger partial charge on any atom is -0.362 e. The highest BCUT2D eigenvalue weighted by Gasteiger charge is 2.22. The van der Waals surface area contributed by atoms with Crippen molar-refractivity contribution in [2.45, 2.75) is 65.2 Å². The van der Waals surface area contributed by atoms with Crippen LogP contribution in [0.15, 0.2) is 42.5 Å². The van der Waals surface area contributed by atoms with E-state index in [9.17, 15) is 4.79 Å². The second-order valence-electron chi connectivity index (χ2n) is 10.5. The number of rotatable bonds is 9. The number of anilines is 1. The van der Waals surface area contributed by atoms with Gasteiger partial charge in [-0.05, 0) is 74.3 Å². The number of para-hydroxylation sites is 1. The summed E-state index contributed by atoms with van der Waals surface area (Å²) in [5.74, 6) is 3.46. The zero-order valence-corrected chi connectivity index (χ0v) is 21.8. The summed E-state index contributed by atoms with van der Waals surface area (Å²) in [5.41, 5.74) is 4.10. The van der Waals surface area contributed by atoms with Crippen LogP contribution in [0.3, 0.4) is 0 Å². The van der Waals surface area contributed by atoms with Crippen molar-refractivity contribution >= 4 is 22.6 Å². The quantitative estimate of drug-likeness (QED) is 0.359. The van der Waals surface area contributed by atoms with E-state index in [0.717, 1.165) is 59.0 Å². The van der Waals surface area contributed by atoms with E-state index >= 15 is 0 Å². The van der Waals surface area contributed by atoms with E-state index in [0.29, 0.717) is 5.92 Å². The molecule has 1 heterocycles. The third-order valence-electron chi connectivity index (χ3n) is 7.68. The highest BCUT2D eigenvalue weighted by Crippen LogP contribution is 2.32. The molecule has 0 spiro atoms. The minimum absolute atomic E-state index is 0. The van der Waals surface area contributed by atoms with Gasteiger partial charge in [-0.25, -0.2) is 9.97 Å². The van der Waals surface area contributed by atoms with Crippen molar-refractivity contribution in [3.05, 3.63) is 65.0 Å². The summed E-state index contributed by atoms with van der Waals surface area (Å²) in [6.45, 7) is 4.89. The van der Waals surface area contributed by atoms with Gasteiger partial charge < -0.3 is 10.2 Å². The number of unbranched alkanes of at least 4 members (excludes halogenated alkanes) is 1. The number of carbonyl (C=O) groups excluding carboxylic acids is 1. The molecule has 5 nitrogen and oxygen atoms in total. The lowest BCUT2D eigenvalue weighted by atomic mass is 9.79. The van der Waals surface area contributed by atoms with Crippen LogP contribution in [0.4, 0.5) is 5.82 Å². The van der Waals surface area contributed by atoms with Crippen molar-refractivity contribution in [1.82, 2.24) is 15.3 Å². The number of carbonyl (C=O) groups is 1. The van der Waals surface area contributed by atoms with Crippen LogP contribution < -0.4 is 10.2 Å². The predicted molar refractivity (Wildman–Crippen MR) is 147 cm³/mol. The Labute approximate surface area is 211 Å². The molecule has 3 aromatic rings. The zero-order valence-electron chi connectivity index (χ0n) is 21.8. The monoisotopic (exact) mass is 474 g/mol. The number of nitrogens with one attached hydrogen (secondary N) is 1. The number of amides is 1. The highest BCUT2D eigenvalue weighted by molar-refractivity contribution is 5.95. The third-order valence-corrected chi connectivity index (χ3v) is 7.68. The number of aryl methyl sites for hydroxylation is 2. The number of aromatic nitrogens is 2. The first-order valence-corrected chi connectivity index (χ1v) is 13.2. The Morgan fingerprint density at radius 3 is 2.49 bits per heavy atom. The first-order valence-electron chi connectivity index (χ1n) is 13.2. The van der Waals surface area contributed by atoms with Crippen molar-refractivity contribution in [2.75, 3.05) is 25.5 Å². The second kappa shape index (κ2) is 11.7. The summed E-state index contributed by atoms with van der Waals surface area (Å²) in [6.07, 6.45) is 9.59. The van der Waals surface area contributed by atoms with Gasteiger partial charge in [0.15, 0.2) is 0 Å². The van der Waals surface area contributed by atoms with E-state index in [1.807, 2.05) is 45.3 Å². The van der Waals surface area contributed by atoms with Crippen LogP contribution in [-0.2, 0) is 6.42 Å². The number of nitrogens with zero attached hydrogens (tertiary/aromatic N) is 3. The Kier molecular flexibility index (Phi) is 8.37. The predicted octanol–water partition coefficient (Wildman–Crippen LogP) is 6.51. The minimum atomic E-state index is 0. The SMILES string of the molecule is Cc1cccc(C(=O)NCC2CCC(CCCCc3nc(N(C)C)c4ccccc4n3)CC2)c1C.[HH]. The Hall–Kier alpha value is -2.95. The van der Waals surface area contributed by atoms with Crippen molar-refractivity contribution < 1.29 is 6.22 Å². The van der Waals surface area contributed by atoms with Crippen LogP contribution in [0.25, 0.3) is 10.9 Å². The van der Waals surface area contributed by atoms with Gasteiger partial charge in [-0.2, -0.15) is 0 Å². The van der Waals surface area contributed by atoms with Crippen molar-refractivity contribution in [3.8, 4) is 0 Å². The first kappa shape index (κ1) is 25.2.